The van der Waals surface area contributed by atoms with E-state index in [1.165, 1.54) is 6.07 Å². The Balaban J connectivity index is 1.56. The number of aromatic amines is 1. The van der Waals surface area contributed by atoms with Crippen molar-refractivity contribution in [3.63, 3.8) is 0 Å². The van der Waals surface area contributed by atoms with Crippen LogP contribution in [-0.4, -0.2) is 16.1 Å². The molecule has 0 aliphatic heterocycles. The Hall–Kier alpha value is -2.69. The Morgan fingerprint density at radius 2 is 2.12 bits per heavy atom. The van der Waals surface area contributed by atoms with Crippen LogP contribution in [0.3, 0.4) is 0 Å². The number of hydrogen-bond donors (Lipinski definition) is 2. The maximum Gasteiger partial charge on any atom is 0.226 e. The Labute approximate surface area is 145 Å². The lowest BCUT2D eigenvalue weighted by Crippen LogP contribution is -2.36. The highest BCUT2D eigenvalue weighted by atomic mass is 19.1. The summed E-state index contributed by atoms with van der Waals surface area (Å²) in [7, 11) is 0. The first-order valence-electron chi connectivity index (χ1n) is 8.62. The smallest absolute Gasteiger partial charge is 0.226 e. The standard InChI is InChI=1S/C20H20FN3O/c1-12-9-10-13-14(6-4-7-16(13)21)20(12)22-19(25)11-18-15-5-2-3-8-17(15)23-24-18/h2-8,12,20H,9-11H2,1H3,(H,22,25)(H,23,24). The molecule has 0 saturated heterocycles. The summed E-state index contributed by atoms with van der Waals surface area (Å²) in [6, 6.07) is 12.7. The molecular formula is C20H20FN3O. The van der Waals surface area contributed by atoms with E-state index < -0.39 is 0 Å². The molecule has 1 amide bonds. The largest absolute Gasteiger partial charge is 0.349 e. The first-order chi connectivity index (χ1) is 12.1. The number of aromatic nitrogens is 2. The van der Waals surface area contributed by atoms with E-state index in [2.05, 4.69) is 22.4 Å². The third-order valence-electron chi connectivity index (χ3n) is 5.10. The molecule has 1 aliphatic carbocycles. The minimum atomic E-state index is -0.178. The van der Waals surface area contributed by atoms with Crippen LogP contribution in [-0.2, 0) is 17.6 Å². The number of amides is 1. The number of rotatable bonds is 3. The Morgan fingerprint density at radius 3 is 3.00 bits per heavy atom. The number of carbonyl (C=O) groups excluding carboxylic acids is 1. The van der Waals surface area contributed by atoms with Crippen LogP contribution in [0, 0.1) is 11.7 Å². The molecule has 4 nitrogen and oxygen atoms in total. The van der Waals surface area contributed by atoms with Crippen LogP contribution in [0.4, 0.5) is 4.39 Å². The second-order valence-corrected chi connectivity index (χ2v) is 6.76. The molecule has 0 saturated carbocycles. The molecule has 2 atom stereocenters. The predicted molar refractivity (Wildman–Crippen MR) is 94.6 cm³/mol. The fourth-order valence-corrected chi connectivity index (χ4v) is 3.73. The van der Waals surface area contributed by atoms with Crippen molar-refractivity contribution in [2.75, 3.05) is 0 Å². The maximum atomic E-state index is 14.1. The average molecular weight is 337 g/mol. The van der Waals surface area contributed by atoms with E-state index in [1.807, 2.05) is 30.3 Å². The number of nitrogens with zero attached hydrogens (tertiary/aromatic N) is 1. The van der Waals surface area contributed by atoms with Gasteiger partial charge in [0.2, 0.25) is 5.91 Å². The highest BCUT2D eigenvalue weighted by molar-refractivity contribution is 5.87. The van der Waals surface area contributed by atoms with Gasteiger partial charge in [0.1, 0.15) is 5.82 Å². The lowest BCUT2D eigenvalue weighted by molar-refractivity contribution is -0.121. The Kier molecular flexibility index (Phi) is 3.99. The minimum Gasteiger partial charge on any atom is -0.349 e. The third kappa shape index (κ3) is 2.90. The van der Waals surface area contributed by atoms with Gasteiger partial charge in [-0.25, -0.2) is 4.39 Å². The molecule has 128 valence electrons. The van der Waals surface area contributed by atoms with E-state index in [0.717, 1.165) is 40.6 Å². The fraction of sp³-hybridized carbons (Fsp3) is 0.300. The molecule has 3 aromatic rings. The fourth-order valence-electron chi connectivity index (χ4n) is 3.73. The van der Waals surface area contributed by atoms with Crippen molar-refractivity contribution in [1.82, 2.24) is 15.5 Å². The van der Waals surface area contributed by atoms with Gasteiger partial charge in [0.15, 0.2) is 0 Å². The number of fused-ring (bicyclic) bond motifs is 2. The normalized spacial score (nSPS) is 19.6. The van der Waals surface area contributed by atoms with Gasteiger partial charge >= 0.3 is 0 Å². The van der Waals surface area contributed by atoms with E-state index in [1.54, 1.807) is 6.07 Å². The molecule has 25 heavy (non-hydrogen) atoms. The monoisotopic (exact) mass is 337 g/mol. The van der Waals surface area contributed by atoms with Crippen molar-refractivity contribution < 1.29 is 9.18 Å². The molecule has 0 spiro atoms. The number of benzene rings is 2. The molecular weight excluding hydrogens is 317 g/mol. The number of hydrogen-bond acceptors (Lipinski definition) is 2. The van der Waals surface area contributed by atoms with E-state index >= 15 is 0 Å². The minimum absolute atomic E-state index is 0.0802. The van der Waals surface area contributed by atoms with E-state index in [0.29, 0.717) is 0 Å². The summed E-state index contributed by atoms with van der Waals surface area (Å²) in [5.74, 6) is 0.0170. The lowest BCUT2D eigenvalue weighted by atomic mass is 9.80. The number of H-pyrrole nitrogens is 1. The highest BCUT2D eigenvalue weighted by Gasteiger charge is 2.29. The zero-order valence-corrected chi connectivity index (χ0v) is 14.1. The Bertz CT molecular complexity index is 934. The van der Waals surface area contributed by atoms with E-state index in [4.69, 9.17) is 0 Å². The number of para-hydroxylation sites is 1. The van der Waals surface area contributed by atoms with Crippen LogP contribution >= 0.6 is 0 Å². The molecule has 1 aliphatic rings. The maximum absolute atomic E-state index is 14.1. The molecule has 1 aromatic heterocycles. The number of halogens is 1. The summed E-state index contributed by atoms with van der Waals surface area (Å²) in [4.78, 5) is 12.6. The molecule has 5 heteroatoms. The van der Waals surface area contributed by atoms with Gasteiger partial charge in [0.05, 0.1) is 23.7 Å². The zero-order chi connectivity index (χ0) is 17.4. The molecule has 0 fully saturated rings. The molecule has 0 bridgehead atoms. The summed E-state index contributed by atoms with van der Waals surface area (Å²) >= 11 is 0. The first kappa shape index (κ1) is 15.8. The van der Waals surface area contributed by atoms with Gasteiger partial charge in [-0.15, -0.1) is 0 Å². The van der Waals surface area contributed by atoms with E-state index in [9.17, 15) is 9.18 Å². The molecule has 2 aromatic carbocycles. The zero-order valence-electron chi connectivity index (χ0n) is 14.1. The first-order valence-corrected chi connectivity index (χ1v) is 8.62. The Morgan fingerprint density at radius 1 is 1.28 bits per heavy atom. The van der Waals surface area contributed by atoms with Crippen LogP contribution in [0.25, 0.3) is 10.9 Å². The van der Waals surface area contributed by atoms with Crippen LogP contribution in [0.1, 0.15) is 36.2 Å². The van der Waals surface area contributed by atoms with Gasteiger partial charge in [-0.05, 0) is 42.0 Å². The predicted octanol–water partition coefficient (Wildman–Crippen LogP) is 3.68. The second kappa shape index (κ2) is 6.31. The quantitative estimate of drug-likeness (QED) is 0.766. The lowest BCUT2D eigenvalue weighted by Gasteiger charge is -2.32. The van der Waals surface area contributed by atoms with Gasteiger partial charge in [-0.2, -0.15) is 5.10 Å². The molecule has 2 unspecified atom stereocenters. The van der Waals surface area contributed by atoms with Crippen molar-refractivity contribution in [2.24, 2.45) is 5.92 Å². The summed E-state index contributed by atoms with van der Waals surface area (Å²) in [6.45, 7) is 2.10. The SMILES string of the molecule is CC1CCc2c(F)cccc2C1NC(=O)Cc1[nH]nc2ccccc12. The molecule has 4 rings (SSSR count). The van der Waals surface area contributed by atoms with Gasteiger partial charge in [-0.3, -0.25) is 9.89 Å². The summed E-state index contributed by atoms with van der Waals surface area (Å²) < 4.78 is 14.1. The summed E-state index contributed by atoms with van der Waals surface area (Å²) in [5, 5.41) is 11.2. The van der Waals surface area contributed by atoms with Crippen molar-refractivity contribution in [1.29, 1.82) is 0 Å². The van der Waals surface area contributed by atoms with Crippen LogP contribution < -0.4 is 5.32 Å². The van der Waals surface area contributed by atoms with Crippen LogP contribution in [0.5, 0.6) is 0 Å². The molecule has 2 N–H and O–H groups in total. The van der Waals surface area contributed by atoms with Crippen LogP contribution in [0.2, 0.25) is 0 Å². The average Bonchev–Trinajstić information content (AvgIpc) is 3.01. The van der Waals surface area contributed by atoms with Gasteiger partial charge < -0.3 is 5.32 Å². The topological polar surface area (TPSA) is 57.8 Å². The van der Waals surface area contributed by atoms with Crippen molar-refractivity contribution >= 4 is 16.8 Å². The van der Waals surface area contributed by atoms with Gasteiger partial charge in [-0.1, -0.05) is 37.3 Å². The highest BCUT2D eigenvalue weighted by Crippen LogP contribution is 2.35. The van der Waals surface area contributed by atoms with Crippen molar-refractivity contribution in [3.05, 3.63) is 65.1 Å². The number of carbonyl (C=O) groups is 1. The summed E-state index contributed by atoms with van der Waals surface area (Å²) in [5.41, 5.74) is 3.29. The second-order valence-electron chi connectivity index (χ2n) is 6.76. The number of nitrogens with one attached hydrogen (secondary N) is 2. The molecule has 0 radical (unpaired) electrons. The van der Waals surface area contributed by atoms with Crippen LogP contribution in [0.15, 0.2) is 42.5 Å². The van der Waals surface area contributed by atoms with Crippen molar-refractivity contribution in [2.45, 2.75) is 32.2 Å². The molecule has 1 heterocycles. The van der Waals surface area contributed by atoms with Gasteiger partial charge in [0.25, 0.3) is 0 Å². The third-order valence-corrected chi connectivity index (χ3v) is 5.10. The van der Waals surface area contributed by atoms with Crippen molar-refractivity contribution in [3.8, 4) is 0 Å². The summed E-state index contributed by atoms with van der Waals surface area (Å²) in [6.07, 6.45) is 1.82. The van der Waals surface area contributed by atoms with Gasteiger partial charge in [0, 0.05) is 5.39 Å². The van der Waals surface area contributed by atoms with E-state index in [-0.39, 0.29) is 30.1 Å².